The molecule has 7 heteroatoms. The van der Waals surface area contributed by atoms with E-state index in [0.717, 1.165) is 43.5 Å². The number of likely N-dealkylation sites (tertiary alicyclic amines) is 1. The number of aliphatic imine (C=N–C) groups is 1. The van der Waals surface area contributed by atoms with E-state index in [1.165, 1.54) is 36.4 Å². The zero-order valence-electron chi connectivity index (χ0n) is 16.6. The molecule has 2 aromatic heterocycles. The molecule has 27 heavy (non-hydrogen) atoms. The van der Waals surface area contributed by atoms with Gasteiger partial charge in [-0.2, -0.15) is 0 Å². The molecule has 0 radical (unpaired) electrons. The molecule has 2 N–H and O–H groups in total. The van der Waals surface area contributed by atoms with Crippen LogP contribution in [-0.2, 0) is 6.42 Å². The van der Waals surface area contributed by atoms with Gasteiger partial charge in [0.2, 0.25) is 0 Å². The molecule has 3 rings (SSSR count). The number of guanidine groups is 1. The van der Waals surface area contributed by atoms with E-state index in [0.29, 0.717) is 6.04 Å². The fourth-order valence-corrected chi connectivity index (χ4v) is 4.46. The second-order valence-corrected chi connectivity index (χ2v) is 7.95. The minimum atomic E-state index is 0.380. The number of aromatic nitrogens is 1. The van der Waals surface area contributed by atoms with Crippen LogP contribution in [0.4, 0.5) is 0 Å². The molecule has 0 bridgehead atoms. The molecule has 148 valence electrons. The molecule has 0 aliphatic carbocycles. The van der Waals surface area contributed by atoms with Gasteiger partial charge in [0.1, 0.15) is 5.76 Å². The molecule has 1 aliphatic rings. The number of aryl methyl sites for hydroxylation is 2. The summed E-state index contributed by atoms with van der Waals surface area (Å²) in [6.45, 7) is 10.8. The molecule has 0 spiro atoms. The van der Waals surface area contributed by atoms with Crippen molar-refractivity contribution < 1.29 is 4.52 Å². The molecule has 1 aliphatic heterocycles. The summed E-state index contributed by atoms with van der Waals surface area (Å²) in [6, 6.07) is 4.76. The molecule has 1 unspecified atom stereocenters. The van der Waals surface area contributed by atoms with Gasteiger partial charge < -0.3 is 15.2 Å². The summed E-state index contributed by atoms with van der Waals surface area (Å²) in [5.74, 6) is 1.79. The Morgan fingerprint density at radius 1 is 1.33 bits per heavy atom. The lowest BCUT2D eigenvalue weighted by molar-refractivity contribution is 0.255. The fourth-order valence-electron chi connectivity index (χ4n) is 3.60. The highest BCUT2D eigenvalue weighted by molar-refractivity contribution is 7.10. The van der Waals surface area contributed by atoms with Gasteiger partial charge in [0.15, 0.2) is 5.96 Å². The molecule has 3 heterocycles. The molecule has 0 aromatic carbocycles. The van der Waals surface area contributed by atoms with E-state index in [-0.39, 0.29) is 0 Å². The van der Waals surface area contributed by atoms with Crippen molar-refractivity contribution in [1.82, 2.24) is 20.7 Å². The maximum absolute atomic E-state index is 5.25. The fraction of sp³-hybridized carbons (Fsp3) is 0.600. The third-order valence-corrected chi connectivity index (χ3v) is 6.04. The first-order chi connectivity index (χ1) is 13.2. The highest BCUT2D eigenvalue weighted by Crippen LogP contribution is 2.28. The summed E-state index contributed by atoms with van der Waals surface area (Å²) in [7, 11) is 0. The molecule has 0 saturated carbocycles. The number of nitrogens with one attached hydrogen (secondary N) is 2. The molecule has 1 atom stereocenters. The monoisotopic (exact) mass is 389 g/mol. The SMILES string of the molecule is CCNC(=NCC(c1cccs1)N1CCCC1)NCCc1c(C)noc1C. The third-order valence-electron chi connectivity index (χ3n) is 5.07. The Kier molecular flexibility index (Phi) is 7.29. The van der Waals surface area contributed by atoms with Gasteiger partial charge in [0.05, 0.1) is 18.3 Å². The predicted octanol–water partition coefficient (Wildman–Crippen LogP) is 3.29. The van der Waals surface area contributed by atoms with Gasteiger partial charge in [0, 0.05) is 23.5 Å². The van der Waals surface area contributed by atoms with Gasteiger partial charge >= 0.3 is 0 Å². The number of thiophene rings is 1. The van der Waals surface area contributed by atoms with Crippen molar-refractivity contribution in [3.05, 3.63) is 39.4 Å². The highest BCUT2D eigenvalue weighted by atomic mass is 32.1. The van der Waals surface area contributed by atoms with E-state index >= 15 is 0 Å². The van der Waals surface area contributed by atoms with Crippen LogP contribution in [0.25, 0.3) is 0 Å². The predicted molar refractivity (Wildman–Crippen MR) is 112 cm³/mol. The standard InChI is InChI=1S/C20H31N5OS/c1-4-21-20(22-10-9-17-15(2)24-26-16(17)3)23-14-18(19-8-7-13-27-19)25-11-5-6-12-25/h7-8,13,18H,4-6,9-12,14H2,1-3H3,(H2,21,22,23). The Hall–Kier alpha value is -1.86. The minimum Gasteiger partial charge on any atom is -0.361 e. The molecule has 6 nitrogen and oxygen atoms in total. The van der Waals surface area contributed by atoms with Crippen LogP contribution in [0.5, 0.6) is 0 Å². The molecule has 1 saturated heterocycles. The largest absolute Gasteiger partial charge is 0.361 e. The van der Waals surface area contributed by atoms with Crippen molar-refractivity contribution in [1.29, 1.82) is 0 Å². The smallest absolute Gasteiger partial charge is 0.191 e. The number of hydrogen-bond donors (Lipinski definition) is 2. The van der Waals surface area contributed by atoms with E-state index in [4.69, 9.17) is 9.52 Å². The lowest BCUT2D eigenvalue weighted by Crippen LogP contribution is -2.39. The number of hydrogen-bond acceptors (Lipinski definition) is 5. The van der Waals surface area contributed by atoms with Crippen molar-refractivity contribution in [3.63, 3.8) is 0 Å². The van der Waals surface area contributed by atoms with Crippen LogP contribution in [0.3, 0.4) is 0 Å². The van der Waals surface area contributed by atoms with Crippen LogP contribution in [0, 0.1) is 13.8 Å². The summed E-state index contributed by atoms with van der Waals surface area (Å²) >= 11 is 1.83. The van der Waals surface area contributed by atoms with Crippen molar-refractivity contribution in [2.75, 3.05) is 32.7 Å². The van der Waals surface area contributed by atoms with Gasteiger partial charge in [-0.15, -0.1) is 11.3 Å². The quantitative estimate of drug-likeness (QED) is 0.536. The lowest BCUT2D eigenvalue weighted by Gasteiger charge is -2.25. The van der Waals surface area contributed by atoms with Crippen LogP contribution in [-0.4, -0.2) is 48.7 Å². The first kappa shape index (κ1) is 19.9. The van der Waals surface area contributed by atoms with Crippen LogP contribution in [0.1, 0.15) is 47.7 Å². The van der Waals surface area contributed by atoms with E-state index in [2.05, 4.69) is 45.1 Å². The number of rotatable bonds is 8. The first-order valence-corrected chi connectivity index (χ1v) is 10.8. The average Bonchev–Trinajstić information content (AvgIpc) is 3.41. The van der Waals surface area contributed by atoms with Crippen LogP contribution >= 0.6 is 11.3 Å². The third kappa shape index (κ3) is 5.32. The van der Waals surface area contributed by atoms with Crippen molar-refractivity contribution in [2.45, 2.75) is 46.1 Å². The Morgan fingerprint density at radius 3 is 2.78 bits per heavy atom. The van der Waals surface area contributed by atoms with Crippen molar-refractivity contribution in [2.24, 2.45) is 4.99 Å². The lowest BCUT2D eigenvalue weighted by atomic mass is 10.1. The summed E-state index contributed by atoms with van der Waals surface area (Å²) in [5, 5.41) is 13.0. The van der Waals surface area contributed by atoms with Gasteiger partial charge in [-0.25, -0.2) is 0 Å². The van der Waals surface area contributed by atoms with E-state index in [1.807, 2.05) is 25.2 Å². The van der Waals surface area contributed by atoms with E-state index in [9.17, 15) is 0 Å². The first-order valence-electron chi connectivity index (χ1n) is 9.90. The Bertz CT molecular complexity index is 699. The number of nitrogens with zero attached hydrogens (tertiary/aromatic N) is 3. The average molecular weight is 390 g/mol. The van der Waals surface area contributed by atoms with Crippen molar-refractivity contribution in [3.8, 4) is 0 Å². The van der Waals surface area contributed by atoms with Gasteiger partial charge in [-0.3, -0.25) is 9.89 Å². The van der Waals surface area contributed by atoms with Crippen molar-refractivity contribution >= 4 is 17.3 Å². The summed E-state index contributed by atoms with van der Waals surface area (Å²) in [4.78, 5) is 8.88. The second kappa shape index (κ2) is 9.90. The van der Waals surface area contributed by atoms with Crippen LogP contribution < -0.4 is 10.6 Å². The van der Waals surface area contributed by atoms with Gasteiger partial charge in [-0.05, 0) is 64.6 Å². The highest BCUT2D eigenvalue weighted by Gasteiger charge is 2.24. The van der Waals surface area contributed by atoms with Gasteiger partial charge in [0.25, 0.3) is 0 Å². The van der Waals surface area contributed by atoms with E-state index < -0.39 is 0 Å². The normalized spacial score (nSPS) is 16.6. The maximum atomic E-state index is 5.25. The summed E-state index contributed by atoms with van der Waals surface area (Å²) < 4.78 is 5.25. The van der Waals surface area contributed by atoms with Crippen LogP contribution in [0.15, 0.2) is 27.0 Å². The van der Waals surface area contributed by atoms with Gasteiger partial charge in [-0.1, -0.05) is 11.2 Å². The Balaban J connectivity index is 1.61. The topological polar surface area (TPSA) is 65.7 Å². The minimum absolute atomic E-state index is 0.380. The maximum Gasteiger partial charge on any atom is 0.191 e. The Morgan fingerprint density at radius 2 is 2.15 bits per heavy atom. The van der Waals surface area contributed by atoms with Crippen LogP contribution in [0.2, 0.25) is 0 Å². The summed E-state index contributed by atoms with van der Waals surface area (Å²) in [6.07, 6.45) is 3.47. The molecule has 1 fully saturated rings. The summed E-state index contributed by atoms with van der Waals surface area (Å²) in [5.41, 5.74) is 2.16. The molecular formula is C20H31N5OS. The zero-order valence-corrected chi connectivity index (χ0v) is 17.4. The Labute approximate surface area is 166 Å². The van der Waals surface area contributed by atoms with E-state index in [1.54, 1.807) is 0 Å². The molecular weight excluding hydrogens is 358 g/mol. The molecule has 2 aromatic rings. The second-order valence-electron chi connectivity index (χ2n) is 6.97. The molecule has 0 amide bonds. The zero-order chi connectivity index (χ0) is 19.1.